The van der Waals surface area contributed by atoms with Gasteiger partial charge in [-0.15, -0.1) is 11.3 Å². The molecule has 0 unspecified atom stereocenters. The number of nitrogens with one attached hydrogen (secondary N) is 2. The predicted octanol–water partition coefficient (Wildman–Crippen LogP) is 4.66. The van der Waals surface area contributed by atoms with Gasteiger partial charge in [0, 0.05) is 11.3 Å². The molecule has 0 radical (unpaired) electrons. The summed E-state index contributed by atoms with van der Waals surface area (Å²) < 4.78 is 22.9. The second-order valence-corrected chi connectivity index (χ2v) is 7.99. The van der Waals surface area contributed by atoms with Crippen molar-refractivity contribution in [3.05, 3.63) is 81.5 Å². The first-order valence-corrected chi connectivity index (χ1v) is 10.9. The van der Waals surface area contributed by atoms with Crippen molar-refractivity contribution in [2.24, 2.45) is 0 Å². The summed E-state index contributed by atoms with van der Waals surface area (Å²) in [6.07, 6.45) is 0. The number of halogens is 1. The van der Waals surface area contributed by atoms with Gasteiger partial charge in [0.1, 0.15) is 10.8 Å². The highest BCUT2D eigenvalue weighted by atomic mass is 32.1. The fourth-order valence-electron chi connectivity index (χ4n) is 3.03. The zero-order chi connectivity index (χ0) is 24.8. The smallest absolute Gasteiger partial charge is 0.341 e. The van der Waals surface area contributed by atoms with Crippen LogP contribution in [0.1, 0.15) is 53.2 Å². The topological polar surface area (TPSA) is 111 Å². The Bertz CT molecular complexity index is 1240. The van der Waals surface area contributed by atoms with Crippen LogP contribution in [-0.4, -0.2) is 37.5 Å². The van der Waals surface area contributed by atoms with Gasteiger partial charge in [-0.05, 0) is 67.9 Å². The van der Waals surface area contributed by atoms with Gasteiger partial charge in [-0.25, -0.2) is 14.0 Å². The normalized spacial score (nSPS) is 10.4. The van der Waals surface area contributed by atoms with E-state index < -0.39 is 29.6 Å². The monoisotopic (exact) mass is 484 g/mol. The summed E-state index contributed by atoms with van der Waals surface area (Å²) in [5, 5.41) is 5.42. The Morgan fingerprint density at radius 1 is 0.882 bits per heavy atom. The number of anilines is 2. The molecule has 0 atom stereocenters. The number of hydrogen-bond acceptors (Lipinski definition) is 7. The Hall–Kier alpha value is -4.05. The number of carbonyl (C=O) groups is 4. The summed E-state index contributed by atoms with van der Waals surface area (Å²) in [6.45, 7) is 3.52. The van der Waals surface area contributed by atoms with E-state index in [1.165, 1.54) is 31.4 Å². The van der Waals surface area contributed by atoms with Gasteiger partial charge in [-0.1, -0.05) is 0 Å². The van der Waals surface area contributed by atoms with Crippen LogP contribution >= 0.6 is 11.3 Å². The van der Waals surface area contributed by atoms with E-state index in [4.69, 9.17) is 9.47 Å². The zero-order valence-electron chi connectivity index (χ0n) is 18.6. The fraction of sp³-hybridized carbons (Fsp3) is 0.167. The highest BCUT2D eigenvalue weighted by Crippen LogP contribution is 2.34. The molecule has 3 aromatic rings. The molecule has 8 nitrogen and oxygen atoms in total. The van der Waals surface area contributed by atoms with E-state index in [0.29, 0.717) is 16.8 Å². The number of amides is 2. The van der Waals surface area contributed by atoms with Gasteiger partial charge in [0.05, 0.1) is 29.7 Å². The van der Waals surface area contributed by atoms with Crippen LogP contribution < -0.4 is 10.6 Å². The lowest BCUT2D eigenvalue weighted by Gasteiger charge is -2.06. The maximum absolute atomic E-state index is 13.2. The molecular formula is C24H21FN2O6S. The number of ether oxygens (including phenoxy) is 2. The second kappa shape index (κ2) is 10.7. The van der Waals surface area contributed by atoms with Gasteiger partial charge in [0.15, 0.2) is 0 Å². The largest absolute Gasteiger partial charge is 0.465 e. The summed E-state index contributed by atoms with van der Waals surface area (Å²) in [7, 11) is 1.19. The summed E-state index contributed by atoms with van der Waals surface area (Å²) in [6, 6.07) is 11.0. The Morgan fingerprint density at radius 3 is 2.09 bits per heavy atom. The molecule has 0 saturated heterocycles. The molecule has 0 bridgehead atoms. The van der Waals surface area contributed by atoms with Gasteiger partial charge >= 0.3 is 11.9 Å². The third-order valence-electron chi connectivity index (χ3n) is 4.73. The quantitative estimate of drug-likeness (QED) is 0.472. The van der Waals surface area contributed by atoms with Crippen molar-refractivity contribution in [2.75, 3.05) is 24.4 Å². The fourth-order valence-corrected chi connectivity index (χ4v) is 4.12. The SMILES string of the molecule is CCOC(=O)c1ccc(NC(=O)c2sc(NC(=O)c3ccc(F)cc3)c(C(=O)OC)c2C)cc1. The van der Waals surface area contributed by atoms with E-state index in [1.54, 1.807) is 26.0 Å². The van der Waals surface area contributed by atoms with Crippen LogP contribution in [0.3, 0.4) is 0 Å². The van der Waals surface area contributed by atoms with E-state index in [1.807, 2.05) is 0 Å². The number of benzene rings is 2. The molecular weight excluding hydrogens is 463 g/mol. The average Bonchev–Trinajstić information content (AvgIpc) is 3.15. The Labute approximate surface area is 198 Å². The Morgan fingerprint density at radius 2 is 1.50 bits per heavy atom. The third kappa shape index (κ3) is 5.46. The first kappa shape index (κ1) is 24.6. The summed E-state index contributed by atoms with van der Waals surface area (Å²) >= 11 is 0.905. The molecule has 2 N–H and O–H groups in total. The standard InChI is InChI=1S/C24H21FN2O6S/c1-4-33-23(30)15-7-11-17(12-8-15)26-21(29)19-13(2)18(24(31)32-3)22(34-19)27-20(28)14-5-9-16(25)10-6-14/h5-12H,4H2,1-3H3,(H,26,29)(H,27,28). The number of carbonyl (C=O) groups excluding carboxylic acids is 4. The van der Waals surface area contributed by atoms with Crippen LogP contribution in [0.5, 0.6) is 0 Å². The Balaban J connectivity index is 1.85. The van der Waals surface area contributed by atoms with Crippen LogP contribution in [0.4, 0.5) is 15.1 Å². The van der Waals surface area contributed by atoms with Crippen molar-refractivity contribution in [2.45, 2.75) is 13.8 Å². The summed E-state index contributed by atoms with van der Waals surface area (Å²) in [4.78, 5) is 49.9. The van der Waals surface area contributed by atoms with Gasteiger partial charge in [0.2, 0.25) is 0 Å². The molecule has 34 heavy (non-hydrogen) atoms. The predicted molar refractivity (Wildman–Crippen MR) is 125 cm³/mol. The number of esters is 2. The van der Waals surface area contributed by atoms with Crippen molar-refractivity contribution < 1.29 is 33.0 Å². The van der Waals surface area contributed by atoms with Crippen molar-refractivity contribution in [1.82, 2.24) is 0 Å². The third-order valence-corrected chi connectivity index (χ3v) is 5.94. The molecule has 3 rings (SSSR count). The maximum atomic E-state index is 13.2. The van der Waals surface area contributed by atoms with Crippen LogP contribution in [0.25, 0.3) is 0 Å². The van der Waals surface area contributed by atoms with E-state index >= 15 is 0 Å². The highest BCUT2D eigenvalue weighted by Gasteiger charge is 2.26. The second-order valence-electron chi connectivity index (χ2n) is 6.96. The van der Waals surface area contributed by atoms with Crippen molar-refractivity contribution in [3.63, 3.8) is 0 Å². The zero-order valence-corrected chi connectivity index (χ0v) is 19.4. The number of hydrogen-bond donors (Lipinski definition) is 2. The molecule has 1 heterocycles. The maximum Gasteiger partial charge on any atom is 0.341 e. The number of rotatable bonds is 7. The molecule has 2 aromatic carbocycles. The lowest BCUT2D eigenvalue weighted by atomic mass is 10.1. The molecule has 0 fully saturated rings. The first-order chi connectivity index (χ1) is 16.2. The molecule has 176 valence electrons. The average molecular weight is 485 g/mol. The molecule has 0 aliphatic heterocycles. The highest BCUT2D eigenvalue weighted by molar-refractivity contribution is 7.19. The Kier molecular flexibility index (Phi) is 7.75. The minimum Gasteiger partial charge on any atom is -0.465 e. The van der Waals surface area contributed by atoms with Crippen LogP contribution in [0, 0.1) is 12.7 Å². The number of methoxy groups -OCH3 is 1. The van der Waals surface area contributed by atoms with Crippen molar-refractivity contribution >= 4 is 45.8 Å². The first-order valence-electron chi connectivity index (χ1n) is 10.1. The molecule has 0 saturated carbocycles. The summed E-state index contributed by atoms with van der Waals surface area (Å²) in [5.41, 5.74) is 1.31. The van der Waals surface area contributed by atoms with E-state index in [9.17, 15) is 23.6 Å². The van der Waals surface area contributed by atoms with Crippen molar-refractivity contribution in [1.29, 1.82) is 0 Å². The molecule has 0 spiro atoms. The molecule has 10 heteroatoms. The van der Waals surface area contributed by atoms with Gasteiger partial charge in [0.25, 0.3) is 11.8 Å². The lowest BCUT2D eigenvalue weighted by molar-refractivity contribution is 0.0525. The molecule has 0 aliphatic rings. The number of thiophene rings is 1. The van der Waals surface area contributed by atoms with Crippen LogP contribution in [0.2, 0.25) is 0 Å². The van der Waals surface area contributed by atoms with Crippen LogP contribution in [0.15, 0.2) is 48.5 Å². The molecule has 1 aromatic heterocycles. The van der Waals surface area contributed by atoms with Crippen molar-refractivity contribution in [3.8, 4) is 0 Å². The van der Waals surface area contributed by atoms with Gasteiger partial charge in [-0.2, -0.15) is 0 Å². The summed E-state index contributed by atoms with van der Waals surface area (Å²) in [5.74, 6) is -2.78. The van der Waals surface area contributed by atoms with E-state index in [0.717, 1.165) is 23.5 Å². The van der Waals surface area contributed by atoms with E-state index in [2.05, 4.69) is 10.6 Å². The van der Waals surface area contributed by atoms with E-state index in [-0.39, 0.29) is 27.6 Å². The minimum atomic E-state index is -0.721. The van der Waals surface area contributed by atoms with Gasteiger partial charge < -0.3 is 20.1 Å². The van der Waals surface area contributed by atoms with Gasteiger partial charge in [-0.3, -0.25) is 9.59 Å². The molecule has 2 amide bonds. The molecule has 0 aliphatic carbocycles. The lowest BCUT2D eigenvalue weighted by Crippen LogP contribution is -2.14. The van der Waals surface area contributed by atoms with Crippen LogP contribution in [-0.2, 0) is 9.47 Å². The minimum absolute atomic E-state index is 0.0470.